The lowest BCUT2D eigenvalue weighted by molar-refractivity contribution is -0.120. The molecule has 0 aliphatic carbocycles. The average molecular weight is 314 g/mol. The van der Waals surface area contributed by atoms with Crippen LogP contribution in [0.2, 0.25) is 0 Å². The second kappa shape index (κ2) is 5.78. The van der Waals surface area contributed by atoms with Crippen molar-refractivity contribution in [3.8, 4) is 0 Å². The number of hydrogen-bond acceptors (Lipinski definition) is 5. The lowest BCUT2D eigenvalue weighted by Crippen LogP contribution is -2.52. The molecule has 22 heavy (non-hydrogen) atoms. The first-order valence-corrected chi connectivity index (χ1v) is 8.55. The van der Waals surface area contributed by atoms with Crippen LogP contribution >= 0.6 is 11.3 Å². The van der Waals surface area contributed by atoms with Gasteiger partial charge in [0.15, 0.2) is 0 Å². The number of likely N-dealkylation sites (tertiary alicyclic amines) is 1. The van der Waals surface area contributed by atoms with E-state index >= 15 is 0 Å². The molecule has 4 heterocycles. The maximum absolute atomic E-state index is 12.4. The Hall–Kier alpha value is -1.79. The van der Waals surface area contributed by atoms with Crippen LogP contribution in [0.15, 0.2) is 36.1 Å². The van der Waals surface area contributed by atoms with E-state index in [-0.39, 0.29) is 11.9 Å². The Morgan fingerprint density at radius 3 is 3.00 bits per heavy atom. The lowest BCUT2D eigenvalue weighted by Gasteiger charge is -2.39. The minimum absolute atomic E-state index is 0.227. The number of hydrogen-bond donors (Lipinski definition) is 0. The monoisotopic (exact) mass is 314 g/mol. The molecule has 0 saturated carbocycles. The van der Waals surface area contributed by atoms with Crippen molar-refractivity contribution in [2.75, 3.05) is 11.4 Å². The number of carbonyl (C=O) groups excluding carboxylic acids is 1. The Morgan fingerprint density at radius 2 is 2.23 bits per heavy atom. The number of carbonyl (C=O) groups is 1. The Kier molecular flexibility index (Phi) is 3.63. The van der Waals surface area contributed by atoms with Gasteiger partial charge < -0.3 is 4.90 Å². The van der Waals surface area contributed by atoms with Gasteiger partial charge in [-0.3, -0.25) is 14.7 Å². The van der Waals surface area contributed by atoms with Crippen LogP contribution in [0.1, 0.15) is 24.3 Å². The molecule has 0 radical (unpaired) electrons. The van der Waals surface area contributed by atoms with E-state index in [0.717, 1.165) is 36.6 Å². The molecule has 2 aliphatic rings. The summed E-state index contributed by atoms with van der Waals surface area (Å²) in [6.45, 7) is 1.92. The van der Waals surface area contributed by atoms with Crippen LogP contribution in [0.3, 0.4) is 0 Å². The summed E-state index contributed by atoms with van der Waals surface area (Å²) in [6.07, 6.45) is 8.00. The third-order valence-corrected chi connectivity index (χ3v) is 5.39. The molecule has 4 rings (SSSR count). The number of piperidine rings is 1. The zero-order chi connectivity index (χ0) is 14.9. The van der Waals surface area contributed by atoms with Crippen molar-refractivity contribution in [2.45, 2.75) is 37.9 Å². The molecule has 0 spiro atoms. The highest BCUT2D eigenvalue weighted by Crippen LogP contribution is 2.35. The van der Waals surface area contributed by atoms with Gasteiger partial charge in [0.05, 0.1) is 24.5 Å². The third-order valence-electron chi connectivity index (χ3n) is 4.63. The summed E-state index contributed by atoms with van der Waals surface area (Å²) >= 11 is 1.70. The summed E-state index contributed by atoms with van der Waals surface area (Å²) in [7, 11) is 0. The summed E-state index contributed by atoms with van der Waals surface area (Å²) in [5.74, 6) is 0.227. The van der Waals surface area contributed by atoms with Crippen molar-refractivity contribution in [1.29, 1.82) is 0 Å². The van der Waals surface area contributed by atoms with Crippen LogP contribution in [0.4, 0.5) is 5.69 Å². The Morgan fingerprint density at radius 1 is 1.27 bits per heavy atom. The van der Waals surface area contributed by atoms with Crippen LogP contribution in [-0.4, -0.2) is 39.4 Å². The number of amides is 1. The Labute approximate surface area is 133 Å². The minimum Gasteiger partial charge on any atom is -0.306 e. The molecule has 5 nitrogen and oxygen atoms in total. The van der Waals surface area contributed by atoms with Gasteiger partial charge in [0, 0.05) is 36.8 Å². The molecule has 2 saturated heterocycles. The van der Waals surface area contributed by atoms with Crippen molar-refractivity contribution in [3.05, 3.63) is 41.1 Å². The molecular weight excluding hydrogens is 296 g/mol. The minimum atomic E-state index is 0.227. The van der Waals surface area contributed by atoms with Crippen LogP contribution in [0.25, 0.3) is 0 Å². The molecule has 0 N–H and O–H groups in total. The van der Waals surface area contributed by atoms with Gasteiger partial charge in [0.1, 0.15) is 5.01 Å². The van der Waals surface area contributed by atoms with E-state index in [1.165, 1.54) is 0 Å². The fourth-order valence-corrected chi connectivity index (χ4v) is 4.33. The molecule has 1 amide bonds. The largest absolute Gasteiger partial charge is 0.306 e. The van der Waals surface area contributed by atoms with Gasteiger partial charge in [0.25, 0.3) is 0 Å². The number of aromatic nitrogens is 2. The Balaban J connectivity index is 1.57. The molecule has 2 aromatic heterocycles. The van der Waals surface area contributed by atoms with Crippen molar-refractivity contribution in [2.24, 2.45) is 0 Å². The van der Waals surface area contributed by atoms with Gasteiger partial charge >= 0.3 is 0 Å². The zero-order valence-electron chi connectivity index (χ0n) is 12.3. The number of rotatable bonds is 3. The highest BCUT2D eigenvalue weighted by Gasteiger charge is 2.43. The second-order valence-electron chi connectivity index (χ2n) is 5.83. The maximum Gasteiger partial charge on any atom is 0.227 e. The first-order valence-electron chi connectivity index (χ1n) is 7.67. The molecule has 0 aromatic carbocycles. The number of thiazole rings is 1. The van der Waals surface area contributed by atoms with Crippen LogP contribution in [0.5, 0.6) is 0 Å². The standard InChI is InChI=1S/C16H18N4OS/c21-16-4-3-13-14(20(16)12-2-1-6-17-10-12)5-8-19(13)11-15-18-7-9-22-15/h1-2,6-7,9-10,13-14H,3-5,8,11H2/t13-,14-/m1/s1. The smallest absolute Gasteiger partial charge is 0.227 e. The summed E-state index contributed by atoms with van der Waals surface area (Å²) in [5.41, 5.74) is 0.929. The number of pyridine rings is 1. The van der Waals surface area contributed by atoms with Gasteiger partial charge in [-0.1, -0.05) is 0 Å². The summed E-state index contributed by atoms with van der Waals surface area (Å²) in [5, 5.41) is 3.18. The summed E-state index contributed by atoms with van der Waals surface area (Å²) in [6, 6.07) is 4.58. The summed E-state index contributed by atoms with van der Waals surface area (Å²) < 4.78 is 0. The van der Waals surface area contributed by atoms with Gasteiger partial charge in [-0.15, -0.1) is 11.3 Å². The first-order chi connectivity index (χ1) is 10.8. The molecule has 2 aliphatic heterocycles. The molecule has 0 unspecified atom stereocenters. The highest BCUT2D eigenvalue weighted by molar-refractivity contribution is 7.09. The van der Waals surface area contributed by atoms with Crippen LogP contribution in [-0.2, 0) is 11.3 Å². The molecule has 0 bridgehead atoms. The van der Waals surface area contributed by atoms with Crippen LogP contribution in [0, 0.1) is 0 Å². The van der Waals surface area contributed by atoms with Crippen molar-refractivity contribution < 1.29 is 4.79 Å². The molecular formula is C16H18N4OS. The van der Waals surface area contributed by atoms with Gasteiger partial charge in [-0.05, 0) is 25.0 Å². The number of nitrogens with zero attached hydrogens (tertiary/aromatic N) is 4. The quantitative estimate of drug-likeness (QED) is 0.872. The molecule has 2 atom stereocenters. The topological polar surface area (TPSA) is 49.3 Å². The number of anilines is 1. The second-order valence-corrected chi connectivity index (χ2v) is 6.81. The van der Waals surface area contributed by atoms with Gasteiger partial charge in [-0.25, -0.2) is 4.98 Å². The lowest BCUT2D eigenvalue weighted by atomic mass is 9.95. The van der Waals surface area contributed by atoms with E-state index in [1.54, 1.807) is 23.7 Å². The van der Waals surface area contributed by atoms with E-state index in [9.17, 15) is 4.79 Å². The number of fused-ring (bicyclic) bond motifs is 1. The fraction of sp³-hybridized carbons (Fsp3) is 0.438. The van der Waals surface area contributed by atoms with E-state index in [2.05, 4.69) is 14.9 Å². The fourth-order valence-electron chi connectivity index (χ4n) is 3.69. The maximum atomic E-state index is 12.4. The predicted octanol–water partition coefficient (Wildman–Crippen LogP) is 2.31. The average Bonchev–Trinajstić information content (AvgIpc) is 3.19. The first kappa shape index (κ1) is 13.8. The third kappa shape index (κ3) is 2.42. The normalized spacial score (nSPS) is 25.5. The Bertz CT molecular complexity index is 645. The molecule has 2 aromatic rings. The van der Waals surface area contributed by atoms with E-state index < -0.39 is 0 Å². The predicted molar refractivity (Wildman–Crippen MR) is 85.7 cm³/mol. The van der Waals surface area contributed by atoms with E-state index in [0.29, 0.717) is 12.5 Å². The van der Waals surface area contributed by atoms with E-state index in [4.69, 9.17) is 0 Å². The van der Waals surface area contributed by atoms with Gasteiger partial charge in [0.2, 0.25) is 5.91 Å². The van der Waals surface area contributed by atoms with Crippen LogP contribution < -0.4 is 4.90 Å². The SMILES string of the molecule is O=C1CC[C@@H]2[C@@H](CCN2Cc2nccs2)N1c1cccnc1. The molecule has 2 fully saturated rings. The van der Waals surface area contributed by atoms with E-state index in [1.807, 2.05) is 28.6 Å². The zero-order valence-corrected chi connectivity index (χ0v) is 13.1. The highest BCUT2D eigenvalue weighted by atomic mass is 32.1. The van der Waals surface area contributed by atoms with Gasteiger partial charge in [-0.2, -0.15) is 0 Å². The summed E-state index contributed by atoms with van der Waals surface area (Å²) in [4.78, 5) is 25.5. The molecule has 114 valence electrons. The van der Waals surface area contributed by atoms with Crippen molar-refractivity contribution in [1.82, 2.24) is 14.9 Å². The molecule has 6 heteroatoms. The van der Waals surface area contributed by atoms with Crippen molar-refractivity contribution in [3.63, 3.8) is 0 Å². The van der Waals surface area contributed by atoms with Crippen molar-refractivity contribution >= 4 is 22.9 Å².